The second kappa shape index (κ2) is 7.21. The van der Waals surface area contributed by atoms with Crippen LogP contribution in [-0.4, -0.2) is 62.8 Å². The van der Waals surface area contributed by atoms with E-state index in [1.165, 1.54) is 10.4 Å². The summed E-state index contributed by atoms with van der Waals surface area (Å²) in [7, 11) is -3.56. The van der Waals surface area contributed by atoms with Gasteiger partial charge in [0.25, 0.3) is 5.91 Å². The van der Waals surface area contributed by atoms with E-state index in [2.05, 4.69) is 5.32 Å². The Morgan fingerprint density at radius 1 is 1.17 bits per heavy atom. The first kappa shape index (κ1) is 18.3. The number of halogens is 1. The van der Waals surface area contributed by atoms with Crippen molar-refractivity contribution in [2.75, 3.05) is 39.3 Å². The molecule has 1 N–H and O–H groups in total. The Kier molecular flexibility index (Phi) is 5.72. The summed E-state index contributed by atoms with van der Waals surface area (Å²) in [6.45, 7) is 5.36. The summed E-state index contributed by atoms with van der Waals surface area (Å²) >= 11 is 0. The maximum Gasteiger partial charge on any atom is 0.289 e. The van der Waals surface area contributed by atoms with Crippen molar-refractivity contribution in [3.8, 4) is 0 Å². The molecule has 2 saturated heterocycles. The highest BCUT2D eigenvalue weighted by atomic mass is 35.5. The minimum absolute atomic E-state index is 0. The molecule has 1 aromatic rings. The maximum absolute atomic E-state index is 12.6. The fourth-order valence-corrected chi connectivity index (χ4v) is 4.60. The minimum Gasteiger partial charge on any atom is -0.455 e. The van der Waals surface area contributed by atoms with Gasteiger partial charge in [-0.15, -0.1) is 12.4 Å². The van der Waals surface area contributed by atoms with Crippen LogP contribution in [0.4, 0.5) is 0 Å². The Morgan fingerprint density at radius 2 is 1.78 bits per heavy atom. The molecular formula is C14H22ClN3O4S. The van der Waals surface area contributed by atoms with Gasteiger partial charge in [0.2, 0.25) is 10.0 Å². The topological polar surface area (TPSA) is 82.9 Å². The number of carbonyl (C=O) groups is 1. The van der Waals surface area contributed by atoms with Gasteiger partial charge >= 0.3 is 0 Å². The van der Waals surface area contributed by atoms with Gasteiger partial charge in [-0.3, -0.25) is 4.79 Å². The van der Waals surface area contributed by atoms with Crippen LogP contribution in [-0.2, 0) is 10.0 Å². The van der Waals surface area contributed by atoms with E-state index in [-0.39, 0.29) is 34.7 Å². The van der Waals surface area contributed by atoms with Crippen molar-refractivity contribution in [2.24, 2.45) is 0 Å². The van der Waals surface area contributed by atoms with Crippen LogP contribution < -0.4 is 5.32 Å². The lowest BCUT2D eigenvalue weighted by molar-refractivity contribution is 0.0702. The first-order chi connectivity index (χ1) is 10.5. The summed E-state index contributed by atoms with van der Waals surface area (Å²) in [5, 5.41) is 3.17. The zero-order valence-electron chi connectivity index (χ0n) is 13.1. The molecule has 0 aromatic carbocycles. The number of piperazine rings is 1. The van der Waals surface area contributed by atoms with E-state index in [9.17, 15) is 13.2 Å². The number of nitrogens with one attached hydrogen (secondary N) is 1. The number of sulfonamides is 1. The molecule has 2 fully saturated rings. The Labute approximate surface area is 142 Å². The van der Waals surface area contributed by atoms with Gasteiger partial charge < -0.3 is 14.6 Å². The molecule has 2 aliphatic rings. The van der Waals surface area contributed by atoms with E-state index in [4.69, 9.17) is 4.42 Å². The number of rotatable bonds is 3. The highest BCUT2D eigenvalue weighted by Crippen LogP contribution is 2.27. The molecule has 0 bridgehead atoms. The van der Waals surface area contributed by atoms with Crippen molar-refractivity contribution in [1.82, 2.24) is 14.5 Å². The molecule has 1 aromatic heterocycles. The molecule has 0 spiro atoms. The van der Waals surface area contributed by atoms with Gasteiger partial charge in [-0.25, -0.2) is 8.42 Å². The van der Waals surface area contributed by atoms with Crippen molar-refractivity contribution in [2.45, 2.75) is 24.7 Å². The summed E-state index contributed by atoms with van der Waals surface area (Å²) in [4.78, 5) is 14.2. The number of aryl methyl sites for hydroxylation is 1. The predicted molar refractivity (Wildman–Crippen MR) is 87.5 cm³/mol. The van der Waals surface area contributed by atoms with Gasteiger partial charge in [0.1, 0.15) is 10.7 Å². The molecule has 130 valence electrons. The average Bonchev–Trinajstić information content (AvgIpc) is 3.17. The lowest BCUT2D eigenvalue weighted by Crippen LogP contribution is -2.46. The first-order valence-corrected chi connectivity index (χ1v) is 9.05. The van der Waals surface area contributed by atoms with Gasteiger partial charge in [0.05, 0.1) is 0 Å². The van der Waals surface area contributed by atoms with Gasteiger partial charge in [-0.1, -0.05) is 0 Å². The molecule has 23 heavy (non-hydrogen) atoms. The quantitative estimate of drug-likeness (QED) is 0.860. The van der Waals surface area contributed by atoms with E-state index in [1.54, 1.807) is 11.8 Å². The van der Waals surface area contributed by atoms with Crippen LogP contribution in [0.1, 0.15) is 29.2 Å². The predicted octanol–water partition coefficient (Wildman–Crippen LogP) is 0.840. The van der Waals surface area contributed by atoms with Crippen molar-refractivity contribution < 1.29 is 17.6 Å². The lowest BCUT2D eigenvalue weighted by atomic mass is 10.3. The normalized spacial score (nSPS) is 19.6. The molecule has 9 heteroatoms. The summed E-state index contributed by atoms with van der Waals surface area (Å²) in [6.07, 6.45) is 1.76. The van der Waals surface area contributed by atoms with Gasteiger partial charge in [-0.2, -0.15) is 4.31 Å². The third-order valence-corrected chi connectivity index (χ3v) is 6.18. The highest BCUT2D eigenvalue weighted by Gasteiger charge is 2.32. The van der Waals surface area contributed by atoms with Crippen LogP contribution >= 0.6 is 12.4 Å². The van der Waals surface area contributed by atoms with Crippen molar-refractivity contribution in [3.05, 3.63) is 17.6 Å². The molecule has 7 nitrogen and oxygen atoms in total. The SMILES string of the molecule is Cc1oc(C(=O)N2CCNCC2)cc1S(=O)(=O)N1CCCC1.Cl. The average molecular weight is 364 g/mol. The minimum atomic E-state index is -3.56. The third-order valence-electron chi connectivity index (χ3n) is 4.17. The van der Waals surface area contributed by atoms with Crippen LogP contribution in [0.25, 0.3) is 0 Å². The number of furan rings is 1. The van der Waals surface area contributed by atoms with Crippen molar-refractivity contribution in [1.29, 1.82) is 0 Å². The van der Waals surface area contributed by atoms with Crippen LogP contribution in [0.5, 0.6) is 0 Å². The van der Waals surface area contributed by atoms with Crippen LogP contribution in [0.2, 0.25) is 0 Å². The number of amides is 1. The summed E-state index contributed by atoms with van der Waals surface area (Å²) in [5.74, 6) is 0.148. The van der Waals surface area contributed by atoms with Crippen LogP contribution in [0.15, 0.2) is 15.4 Å². The van der Waals surface area contributed by atoms with Gasteiger partial charge in [0.15, 0.2) is 5.76 Å². The number of hydrogen-bond acceptors (Lipinski definition) is 5. The molecule has 1 amide bonds. The van der Waals surface area contributed by atoms with Crippen molar-refractivity contribution in [3.63, 3.8) is 0 Å². The monoisotopic (exact) mass is 363 g/mol. The van der Waals surface area contributed by atoms with E-state index < -0.39 is 10.0 Å². The largest absolute Gasteiger partial charge is 0.455 e. The molecular weight excluding hydrogens is 342 g/mol. The number of hydrogen-bond donors (Lipinski definition) is 1. The molecule has 0 unspecified atom stereocenters. The fraction of sp³-hybridized carbons (Fsp3) is 0.643. The van der Waals surface area contributed by atoms with E-state index >= 15 is 0 Å². The molecule has 0 radical (unpaired) electrons. The summed E-state index contributed by atoms with van der Waals surface area (Å²) < 4.78 is 32.1. The molecule has 3 rings (SSSR count). The fourth-order valence-electron chi connectivity index (χ4n) is 2.92. The van der Waals surface area contributed by atoms with E-state index in [0.717, 1.165) is 25.9 Å². The zero-order valence-corrected chi connectivity index (χ0v) is 14.7. The zero-order chi connectivity index (χ0) is 15.7. The second-order valence-electron chi connectivity index (χ2n) is 5.68. The summed E-state index contributed by atoms with van der Waals surface area (Å²) in [6, 6.07) is 1.38. The maximum atomic E-state index is 12.6. The van der Waals surface area contributed by atoms with Crippen LogP contribution in [0, 0.1) is 6.92 Å². The van der Waals surface area contributed by atoms with Crippen molar-refractivity contribution >= 4 is 28.3 Å². The molecule has 0 aliphatic carbocycles. The smallest absolute Gasteiger partial charge is 0.289 e. The Bertz CT molecular complexity index is 662. The van der Waals surface area contributed by atoms with Crippen LogP contribution in [0.3, 0.4) is 0 Å². The number of carbonyl (C=O) groups excluding carboxylic acids is 1. The van der Waals surface area contributed by atoms with E-state index in [0.29, 0.717) is 26.2 Å². The summed E-state index contributed by atoms with van der Waals surface area (Å²) in [5.41, 5.74) is 0. The van der Waals surface area contributed by atoms with E-state index in [1.807, 2.05) is 0 Å². The number of nitrogens with zero attached hydrogens (tertiary/aromatic N) is 2. The molecule has 0 atom stereocenters. The Morgan fingerprint density at radius 3 is 2.39 bits per heavy atom. The lowest BCUT2D eigenvalue weighted by Gasteiger charge is -2.26. The molecule has 0 saturated carbocycles. The van der Waals surface area contributed by atoms with Gasteiger partial charge in [0, 0.05) is 45.3 Å². The molecule has 2 aliphatic heterocycles. The Balaban J connectivity index is 0.00000192. The standard InChI is InChI=1S/C14H21N3O4S.ClH/c1-11-13(22(19,20)17-6-2-3-7-17)10-12(21-11)14(18)16-8-4-15-5-9-16;/h10,15H,2-9H2,1H3;1H. The highest BCUT2D eigenvalue weighted by molar-refractivity contribution is 7.89. The first-order valence-electron chi connectivity index (χ1n) is 7.61. The third kappa shape index (κ3) is 3.55. The second-order valence-corrected chi connectivity index (χ2v) is 7.59. The molecule has 3 heterocycles. The van der Waals surface area contributed by atoms with Gasteiger partial charge in [-0.05, 0) is 19.8 Å². The Hall–Kier alpha value is -1.09.